The van der Waals surface area contributed by atoms with Crippen LogP contribution in [0.4, 0.5) is 5.25 Å². The standard InChI is InChI=1S/C8H11.2FH.Zr/c1-6-4-7(2)8(3)5-6;;;/h4-5H,1-3H3;2*1H;/q;;;+2/p-2. The quantitative estimate of drug-likeness (QED) is 0.605. The average molecular weight is 236 g/mol. The van der Waals surface area contributed by atoms with Crippen molar-refractivity contribution in [3.8, 4) is 0 Å². The van der Waals surface area contributed by atoms with Gasteiger partial charge < -0.3 is 0 Å². The molecule has 61 valence electrons. The molecule has 1 aliphatic carbocycles. The van der Waals surface area contributed by atoms with Crippen LogP contribution >= 0.6 is 0 Å². The van der Waals surface area contributed by atoms with Gasteiger partial charge in [0.1, 0.15) is 0 Å². The number of hydrogen-bond donors (Lipinski definition) is 0. The molecule has 0 fully saturated rings. The van der Waals surface area contributed by atoms with Crippen LogP contribution in [0.1, 0.15) is 20.8 Å². The molecule has 11 heavy (non-hydrogen) atoms. The molecule has 1 radical (unpaired) electrons. The van der Waals surface area contributed by atoms with Crippen LogP contribution in [0.15, 0.2) is 22.8 Å². The molecule has 0 atom stereocenters. The molecule has 0 aliphatic heterocycles. The fraction of sp³-hybridized carbons (Fsp3) is 0.375. The summed E-state index contributed by atoms with van der Waals surface area (Å²) < 4.78 is 19.6. The van der Waals surface area contributed by atoms with Gasteiger partial charge in [-0.3, -0.25) is 0 Å². The second-order valence-electron chi connectivity index (χ2n) is 2.47. The van der Waals surface area contributed by atoms with Crippen LogP contribution in [-0.4, -0.2) is 0 Å². The van der Waals surface area contributed by atoms with Crippen molar-refractivity contribution in [1.82, 2.24) is 0 Å². The molecule has 0 spiro atoms. The van der Waals surface area contributed by atoms with Crippen LogP contribution in [-0.2, 0) is 24.5 Å². The Morgan fingerprint density at radius 2 is 1.55 bits per heavy atom. The number of halogens is 2. The van der Waals surface area contributed by atoms with E-state index in [1.807, 2.05) is 0 Å². The summed E-state index contributed by atoms with van der Waals surface area (Å²) in [6.07, 6.45) is 4.41. The molecule has 0 heterocycles. The van der Waals surface area contributed by atoms with Gasteiger partial charge in [-0.05, 0) is 20.8 Å². The minimum absolute atomic E-state index is 1.38. The summed E-state index contributed by atoms with van der Waals surface area (Å²) in [5.41, 5.74) is 4.19. The van der Waals surface area contributed by atoms with Crippen LogP contribution in [0.2, 0.25) is 0 Å². The van der Waals surface area contributed by atoms with Crippen molar-refractivity contribution in [2.24, 2.45) is 0 Å². The molecule has 0 amide bonds. The van der Waals surface area contributed by atoms with Crippen LogP contribution < -0.4 is 0 Å². The van der Waals surface area contributed by atoms with Crippen molar-refractivity contribution in [1.29, 1.82) is 0 Å². The third kappa shape index (κ3) is 4.63. The van der Waals surface area contributed by atoms with E-state index in [-0.39, 0.29) is 0 Å². The minimum atomic E-state index is -2.77. The van der Waals surface area contributed by atoms with Crippen LogP contribution in [0, 0.1) is 6.42 Å². The summed E-state index contributed by atoms with van der Waals surface area (Å²) in [7, 11) is 0. The van der Waals surface area contributed by atoms with Crippen LogP contribution in [0.25, 0.3) is 0 Å². The summed E-state index contributed by atoms with van der Waals surface area (Å²) in [5.74, 6) is 0. The molecule has 0 unspecified atom stereocenters. The van der Waals surface area contributed by atoms with Crippen molar-refractivity contribution in [3.05, 3.63) is 29.2 Å². The normalized spacial score (nSPS) is 15.5. The summed E-state index contributed by atoms with van der Waals surface area (Å²) in [5, 5.41) is 0. The van der Waals surface area contributed by atoms with Crippen molar-refractivity contribution in [2.75, 3.05) is 0 Å². The fourth-order valence-corrected chi connectivity index (χ4v) is 0.952. The van der Waals surface area contributed by atoms with Gasteiger partial charge in [0.2, 0.25) is 0 Å². The van der Waals surface area contributed by atoms with Gasteiger partial charge >= 0.3 is 29.7 Å². The molecular formula is C8H11F2Zr. The third-order valence-electron chi connectivity index (χ3n) is 1.51. The number of allylic oxidation sites excluding steroid dienone is 4. The summed E-state index contributed by atoms with van der Waals surface area (Å²) in [4.78, 5) is 0. The maximum atomic E-state index is 9.80. The SMILES string of the molecule is CC1=CC(C)=C(C)[CH]1.[F][Zr][F]. The molecule has 0 saturated heterocycles. The monoisotopic (exact) mass is 235 g/mol. The molecule has 0 nitrogen and oxygen atoms in total. The van der Waals surface area contributed by atoms with Gasteiger partial charge in [-0.1, -0.05) is 22.8 Å². The van der Waals surface area contributed by atoms with Crippen molar-refractivity contribution < 1.29 is 29.7 Å². The molecule has 0 bridgehead atoms. The van der Waals surface area contributed by atoms with Crippen molar-refractivity contribution in [3.63, 3.8) is 0 Å². The van der Waals surface area contributed by atoms with E-state index < -0.39 is 24.5 Å². The predicted molar refractivity (Wildman–Crippen MR) is 38.6 cm³/mol. The number of hydrogen-bond acceptors (Lipinski definition) is 0. The molecule has 0 aromatic rings. The molecule has 0 aromatic carbocycles. The van der Waals surface area contributed by atoms with Crippen LogP contribution in [0.3, 0.4) is 0 Å². The van der Waals surface area contributed by atoms with Gasteiger partial charge in [0.25, 0.3) is 0 Å². The average Bonchev–Trinajstić information content (AvgIpc) is 2.12. The van der Waals surface area contributed by atoms with Crippen LogP contribution in [0.5, 0.6) is 0 Å². The summed E-state index contributed by atoms with van der Waals surface area (Å²) in [6, 6.07) is 0. The van der Waals surface area contributed by atoms with Crippen molar-refractivity contribution in [2.45, 2.75) is 20.8 Å². The first-order chi connectivity index (χ1) is 5.11. The van der Waals surface area contributed by atoms with E-state index in [1.54, 1.807) is 0 Å². The van der Waals surface area contributed by atoms with Gasteiger partial charge in [0.05, 0.1) is 0 Å². The van der Waals surface area contributed by atoms with Gasteiger partial charge in [-0.2, -0.15) is 0 Å². The molecule has 1 rings (SSSR count). The predicted octanol–water partition coefficient (Wildman–Crippen LogP) is 3.32. The van der Waals surface area contributed by atoms with Gasteiger partial charge in [-0.15, -0.1) is 0 Å². The molecule has 0 N–H and O–H groups in total. The Kier molecular flexibility index (Phi) is 5.94. The van der Waals surface area contributed by atoms with Gasteiger partial charge in [0.15, 0.2) is 0 Å². The molecule has 3 heteroatoms. The zero-order valence-corrected chi connectivity index (χ0v) is 9.37. The van der Waals surface area contributed by atoms with Gasteiger partial charge in [0, 0.05) is 6.42 Å². The Labute approximate surface area is 79.7 Å². The first-order valence-corrected chi connectivity index (χ1v) is 5.14. The molecule has 0 aromatic heterocycles. The Balaban J connectivity index is 0.000000292. The molecule has 1 aliphatic rings. The zero-order valence-electron chi connectivity index (χ0n) is 6.91. The fourth-order valence-electron chi connectivity index (χ4n) is 0.952. The van der Waals surface area contributed by atoms with E-state index in [9.17, 15) is 5.25 Å². The Morgan fingerprint density at radius 1 is 1.09 bits per heavy atom. The molecule has 0 saturated carbocycles. The first-order valence-electron chi connectivity index (χ1n) is 3.28. The topological polar surface area (TPSA) is 0 Å². The van der Waals surface area contributed by atoms with E-state index in [2.05, 4.69) is 33.3 Å². The van der Waals surface area contributed by atoms with E-state index in [4.69, 9.17) is 0 Å². The zero-order chi connectivity index (χ0) is 8.85. The van der Waals surface area contributed by atoms with E-state index in [0.29, 0.717) is 0 Å². The maximum absolute atomic E-state index is 9.80. The van der Waals surface area contributed by atoms with E-state index in [1.165, 1.54) is 16.7 Å². The first kappa shape index (κ1) is 11.2. The molecular weight excluding hydrogens is 225 g/mol. The second-order valence-corrected chi connectivity index (χ2v) is 2.82. The second kappa shape index (κ2) is 5.82. The Bertz CT molecular complexity index is 183. The summed E-state index contributed by atoms with van der Waals surface area (Å²) in [6.45, 7) is 6.41. The van der Waals surface area contributed by atoms with E-state index in [0.717, 1.165) is 0 Å². The van der Waals surface area contributed by atoms with E-state index >= 15 is 0 Å². The van der Waals surface area contributed by atoms with Crippen molar-refractivity contribution >= 4 is 0 Å². The third-order valence-corrected chi connectivity index (χ3v) is 1.51. The van der Waals surface area contributed by atoms with Gasteiger partial charge in [-0.25, -0.2) is 0 Å². The number of rotatable bonds is 0. The Hall–Kier alpha value is 0.223. The summed E-state index contributed by atoms with van der Waals surface area (Å²) >= 11 is -2.77. The Morgan fingerprint density at radius 3 is 1.64 bits per heavy atom.